The lowest BCUT2D eigenvalue weighted by Gasteiger charge is -2.03. The third-order valence-electron chi connectivity index (χ3n) is 2.65. The van der Waals surface area contributed by atoms with Crippen molar-refractivity contribution in [2.45, 2.75) is 25.8 Å². The van der Waals surface area contributed by atoms with E-state index in [2.05, 4.69) is 4.98 Å². The Bertz CT molecular complexity index is 546. The molecule has 0 saturated carbocycles. The molecule has 0 spiro atoms. The number of imidazole rings is 1. The van der Waals surface area contributed by atoms with Gasteiger partial charge in [-0.2, -0.15) is 0 Å². The van der Waals surface area contributed by atoms with Gasteiger partial charge in [-0.05, 0) is 25.5 Å². The number of pyridine rings is 1. The Kier molecular flexibility index (Phi) is 3.10. The first-order valence-electron chi connectivity index (χ1n) is 5.54. The van der Waals surface area contributed by atoms with E-state index in [-0.39, 0.29) is 11.7 Å². The van der Waals surface area contributed by atoms with Gasteiger partial charge in [-0.1, -0.05) is 6.07 Å². The number of aromatic carboxylic acids is 1. The predicted octanol–water partition coefficient (Wildman–Crippen LogP) is 1.31. The second kappa shape index (κ2) is 4.55. The molecular weight excluding hydrogens is 218 g/mol. The van der Waals surface area contributed by atoms with Crippen LogP contribution >= 0.6 is 0 Å². The third kappa shape index (κ3) is 2.29. The lowest BCUT2D eigenvalue weighted by Crippen LogP contribution is -2.16. The summed E-state index contributed by atoms with van der Waals surface area (Å²) in [5.41, 5.74) is 6.42. The van der Waals surface area contributed by atoms with E-state index in [0.29, 0.717) is 11.9 Å². The highest BCUT2D eigenvalue weighted by Crippen LogP contribution is 2.14. The summed E-state index contributed by atoms with van der Waals surface area (Å²) in [5.74, 6) is -0.254. The summed E-state index contributed by atoms with van der Waals surface area (Å²) in [6.45, 7) is 1.92. The van der Waals surface area contributed by atoms with Gasteiger partial charge < -0.3 is 15.2 Å². The van der Waals surface area contributed by atoms with Crippen molar-refractivity contribution in [3.63, 3.8) is 0 Å². The first-order chi connectivity index (χ1) is 8.09. The average Bonchev–Trinajstić information content (AvgIpc) is 2.65. The van der Waals surface area contributed by atoms with Crippen molar-refractivity contribution >= 4 is 11.5 Å². The van der Waals surface area contributed by atoms with Crippen LogP contribution in [0.3, 0.4) is 0 Å². The maximum atomic E-state index is 11.1. The smallest absolute Gasteiger partial charge is 0.356 e. The van der Waals surface area contributed by atoms with Crippen molar-refractivity contribution in [2.75, 3.05) is 0 Å². The largest absolute Gasteiger partial charge is 0.476 e. The number of carboxylic acid groups (broad SMARTS) is 1. The van der Waals surface area contributed by atoms with Gasteiger partial charge >= 0.3 is 5.97 Å². The number of fused-ring (bicyclic) bond motifs is 1. The molecule has 0 aliphatic carbocycles. The van der Waals surface area contributed by atoms with Crippen molar-refractivity contribution in [3.8, 4) is 0 Å². The number of nitrogens with two attached hydrogens (primary N) is 1. The van der Waals surface area contributed by atoms with Crippen LogP contribution < -0.4 is 5.73 Å². The molecule has 1 atom stereocenters. The molecule has 5 nitrogen and oxygen atoms in total. The van der Waals surface area contributed by atoms with Crippen LogP contribution in [0.2, 0.25) is 0 Å². The summed E-state index contributed by atoms with van der Waals surface area (Å²) < 4.78 is 1.81. The zero-order chi connectivity index (χ0) is 12.4. The van der Waals surface area contributed by atoms with Crippen LogP contribution in [0.15, 0.2) is 24.4 Å². The van der Waals surface area contributed by atoms with Crippen LogP contribution in [-0.2, 0) is 6.42 Å². The van der Waals surface area contributed by atoms with Crippen molar-refractivity contribution in [2.24, 2.45) is 5.73 Å². The van der Waals surface area contributed by atoms with E-state index in [1.165, 1.54) is 0 Å². The molecule has 5 heteroatoms. The number of carbonyl (C=O) groups is 1. The number of hydrogen-bond acceptors (Lipinski definition) is 3. The van der Waals surface area contributed by atoms with Gasteiger partial charge in [0.1, 0.15) is 5.82 Å². The molecule has 1 unspecified atom stereocenters. The first kappa shape index (κ1) is 11.6. The highest BCUT2D eigenvalue weighted by molar-refractivity contribution is 5.93. The van der Waals surface area contributed by atoms with E-state index >= 15 is 0 Å². The molecule has 0 saturated heterocycles. The quantitative estimate of drug-likeness (QED) is 0.834. The van der Waals surface area contributed by atoms with E-state index in [1.54, 1.807) is 12.1 Å². The lowest BCUT2D eigenvalue weighted by atomic mass is 10.2. The first-order valence-corrected chi connectivity index (χ1v) is 5.54. The molecule has 90 valence electrons. The standard InChI is InChI=1S/C12H15N3O2/c1-8(13)5-6-10-14-11(12(16)17)9-4-2-3-7-15(9)10/h2-4,7-8H,5-6,13H2,1H3,(H,16,17). The zero-order valence-corrected chi connectivity index (χ0v) is 9.63. The summed E-state index contributed by atoms with van der Waals surface area (Å²) in [6, 6.07) is 5.50. The van der Waals surface area contributed by atoms with Crippen LogP contribution in [0.4, 0.5) is 0 Å². The van der Waals surface area contributed by atoms with Gasteiger partial charge in [-0.15, -0.1) is 0 Å². The third-order valence-corrected chi connectivity index (χ3v) is 2.65. The Morgan fingerprint density at radius 2 is 2.35 bits per heavy atom. The molecule has 17 heavy (non-hydrogen) atoms. The van der Waals surface area contributed by atoms with Crippen LogP contribution in [0.1, 0.15) is 29.7 Å². The monoisotopic (exact) mass is 233 g/mol. The number of aryl methyl sites for hydroxylation is 1. The summed E-state index contributed by atoms with van der Waals surface area (Å²) in [7, 11) is 0. The Hall–Kier alpha value is -1.88. The van der Waals surface area contributed by atoms with Gasteiger partial charge in [-0.3, -0.25) is 0 Å². The van der Waals surface area contributed by atoms with Gasteiger partial charge in [-0.25, -0.2) is 9.78 Å². The molecule has 2 aromatic heterocycles. The fourth-order valence-corrected chi connectivity index (χ4v) is 1.79. The molecule has 0 aliphatic heterocycles. The predicted molar refractivity (Wildman–Crippen MR) is 64.1 cm³/mol. The van der Waals surface area contributed by atoms with Crippen LogP contribution in [0.25, 0.3) is 5.52 Å². The fraction of sp³-hybridized carbons (Fsp3) is 0.333. The second-order valence-electron chi connectivity index (χ2n) is 4.15. The van der Waals surface area contributed by atoms with E-state index in [1.807, 2.05) is 23.6 Å². The molecule has 0 aromatic carbocycles. The molecular formula is C12H15N3O2. The summed E-state index contributed by atoms with van der Waals surface area (Å²) in [6.07, 6.45) is 3.29. The normalized spacial score (nSPS) is 12.8. The zero-order valence-electron chi connectivity index (χ0n) is 9.63. The van der Waals surface area contributed by atoms with Crippen LogP contribution in [0, 0.1) is 0 Å². The molecule has 2 aromatic rings. The Labute approximate surface area is 98.9 Å². The van der Waals surface area contributed by atoms with Crippen molar-refractivity contribution in [3.05, 3.63) is 35.9 Å². The fourth-order valence-electron chi connectivity index (χ4n) is 1.79. The van der Waals surface area contributed by atoms with Crippen LogP contribution in [0.5, 0.6) is 0 Å². The Morgan fingerprint density at radius 3 is 3.00 bits per heavy atom. The minimum absolute atomic E-state index is 0.0827. The molecule has 2 rings (SSSR count). The molecule has 0 bridgehead atoms. The molecule has 2 heterocycles. The van der Waals surface area contributed by atoms with Crippen LogP contribution in [-0.4, -0.2) is 26.5 Å². The summed E-state index contributed by atoms with van der Waals surface area (Å²) in [5, 5.41) is 9.07. The second-order valence-corrected chi connectivity index (χ2v) is 4.15. The van der Waals surface area contributed by atoms with Crippen molar-refractivity contribution in [1.29, 1.82) is 0 Å². The highest BCUT2D eigenvalue weighted by Gasteiger charge is 2.15. The van der Waals surface area contributed by atoms with Gasteiger partial charge in [0.2, 0.25) is 0 Å². The number of hydrogen-bond donors (Lipinski definition) is 2. The number of nitrogens with zero attached hydrogens (tertiary/aromatic N) is 2. The van der Waals surface area contributed by atoms with E-state index in [4.69, 9.17) is 10.8 Å². The van der Waals surface area contributed by atoms with Crippen molar-refractivity contribution < 1.29 is 9.90 Å². The van der Waals surface area contributed by atoms with E-state index in [0.717, 1.165) is 12.2 Å². The molecule has 3 N–H and O–H groups in total. The maximum absolute atomic E-state index is 11.1. The van der Waals surface area contributed by atoms with Gasteiger partial charge in [0.05, 0.1) is 5.52 Å². The number of carboxylic acids is 1. The average molecular weight is 233 g/mol. The molecule has 0 radical (unpaired) electrons. The molecule has 0 amide bonds. The number of aromatic nitrogens is 2. The van der Waals surface area contributed by atoms with Crippen molar-refractivity contribution in [1.82, 2.24) is 9.38 Å². The summed E-state index contributed by atoms with van der Waals surface area (Å²) in [4.78, 5) is 15.2. The lowest BCUT2D eigenvalue weighted by molar-refractivity contribution is 0.0693. The molecule has 0 fully saturated rings. The number of rotatable bonds is 4. The summed E-state index contributed by atoms with van der Waals surface area (Å²) >= 11 is 0. The molecule has 0 aliphatic rings. The van der Waals surface area contributed by atoms with E-state index < -0.39 is 5.97 Å². The Balaban J connectivity index is 2.45. The van der Waals surface area contributed by atoms with Gasteiger partial charge in [0, 0.05) is 18.7 Å². The van der Waals surface area contributed by atoms with E-state index in [9.17, 15) is 4.79 Å². The highest BCUT2D eigenvalue weighted by atomic mass is 16.4. The minimum Gasteiger partial charge on any atom is -0.476 e. The topological polar surface area (TPSA) is 80.6 Å². The maximum Gasteiger partial charge on any atom is 0.356 e. The minimum atomic E-state index is -0.999. The SMILES string of the molecule is CC(N)CCc1nc(C(=O)O)c2ccccn12. The van der Waals surface area contributed by atoms with Gasteiger partial charge in [0.15, 0.2) is 5.69 Å². The Morgan fingerprint density at radius 1 is 1.59 bits per heavy atom. The van der Waals surface area contributed by atoms with Gasteiger partial charge in [0.25, 0.3) is 0 Å².